The zero-order valence-corrected chi connectivity index (χ0v) is 34.3. The van der Waals surface area contributed by atoms with E-state index in [0.717, 1.165) is 32.9 Å². The van der Waals surface area contributed by atoms with Crippen LogP contribution in [0.1, 0.15) is 25.3 Å². The van der Waals surface area contributed by atoms with E-state index in [1.807, 2.05) is 29.5 Å². The van der Waals surface area contributed by atoms with E-state index in [1.165, 1.54) is 79.6 Å². The molecule has 0 saturated heterocycles. The summed E-state index contributed by atoms with van der Waals surface area (Å²) in [6.45, 7) is 4.56. The summed E-state index contributed by atoms with van der Waals surface area (Å²) in [6, 6.07) is 63.7. The Morgan fingerprint density at radius 1 is 0.410 bits per heavy atom. The summed E-state index contributed by atoms with van der Waals surface area (Å²) in [4.78, 5) is 15.9. The number of rotatable bonds is 4. The lowest BCUT2D eigenvalue weighted by atomic mass is 9.87. The number of hydrogen-bond donors (Lipinski definition) is 0. The van der Waals surface area contributed by atoms with Gasteiger partial charge in [-0.3, -0.25) is 4.57 Å². The number of fused-ring (bicyclic) bond motifs is 18. The minimum absolute atomic E-state index is 0.437. The summed E-state index contributed by atoms with van der Waals surface area (Å²) in [7, 11) is 0. The molecule has 61 heavy (non-hydrogen) atoms. The summed E-state index contributed by atoms with van der Waals surface area (Å²) in [5.41, 5.74) is 5.42. The fraction of sp³-hybridized carbons (Fsp3) is 0.0536. The molecule has 0 saturated carbocycles. The Hall–Kier alpha value is -7.47. The molecular weight excluding hydrogens is 761 g/mol. The maximum atomic E-state index is 5.38. The predicted molar refractivity (Wildman–Crippen MR) is 260 cm³/mol. The first-order chi connectivity index (χ1) is 30.1. The molecule has 0 radical (unpaired) electrons. The molecule has 10 aromatic carbocycles. The van der Waals surface area contributed by atoms with E-state index in [0.29, 0.717) is 23.5 Å². The molecule has 0 bridgehead atoms. The Kier molecular flexibility index (Phi) is 7.34. The highest BCUT2D eigenvalue weighted by molar-refractivity contribution is 7.28. The van der Waals surface area contributed by atoms with E-state index >= 15 is 0 Å². The largest absolute Gasteiger partial charge is 0.276 e. The van der Waals surface area contributed by atoms with Crippen molar-refractivity contribution in [2.24, 2.45) is 0 Å². The van der Waals surface area contributed by atoms with Gasteiger partial charge < -0.3 is 0 Å². The molecule has 0 amide bonds. The summed E-state index contributed by atoms with van der Waals surface area (Å²) >= 11 is 1.90. The average Bonchev–Trinajstić information content (AvgIpc) is 3.88. The molecule has 0 aliphatic carbocycles. The van der Waals surface area contributed by atoms with Gasteiger partial charge >= 0.3 is 0 Å². The lowest BCUT2D eigenvalue weighted by Crippen LogP contribution is -2.06. The smallest absolute Gasteiger partial charge is 0.238 e. The first-order valence-corrected chi connectivity index (χ1v) is 21.8. The van der Waals surface area contributed by atoms with Crippen LogP contribution in [0.2, 0.25) is 0 Å². The molecule has 13 aromatic rings. The second-order valence-electron chi connectivity index (χ2n) is 16.5. The van der Waals surface area contributed by atoms with Crippen molar-refractivity contribution in [3.05, 3.63) is 181 Å². The Morgan fingerprint density at radius 3 is 1.80 bits per heavy atom. The van der Waals surface area contributed by atoms with Crippen LogP contribution in [0.15, 0.2) is 176 Å². The third-order valence-corrected chi connectivity index (χ3v) is 14.0. The maximum Gasteiger partial charge on any atom is 0.238 e. The molecule has 4 nitrogen and oxygen atoms in total. The van der Waals surface area contributed by atoms with Gasteiger partial charge in [0.1, 0.15) is 0 Å². The number of hydrogen-bond acceptors (Lipinski definition) is 4. The first-order valence-electron chi connectivity index (χ1n) is 21.0. The fourth-order valence-electron chi connectivity index (χ4n) is 9.89. The predicted octanol–water partition coefficient (Wildman–Crippen LogP) is 15.6. The Labute approximate surface area is 355 Å². The van der Waals surface area contributed by atoms with Crippen LogP contribution < -0.4 is 0 Å². The lowest BCUT2D eigenvalue weighted by molar-refractivity contribution is 0.869. The van der Waals surface area contributed by atoms with Crippen LogP contribution in [0.4, 0.5) is 0 Å². The van der Waals surface area contributed by atoms with Crippen molar-refractivity contribution in [3.63, 3.8) is 0 Å². The van der Waals surface area contributed by atoms with E-state index in [-0.39, 0.29) is 0 Å². The molecule has 0 spiro atoms. The van der Waals surface area contributed by atoms with Crippen molar-refractivity contribution in [2.45, 2.75) is 19.8 Å². The highest BCUT2D eigenvalue weighted by atomic mass is 32.1. The zero-order valence-electron chi connectivity index (χ0n) is 33.5. The Morgan fingerprint density at radius 2 is 1.02 bits per heavy atom. The number of thiophene rings is 1. The fourth-order valence-corrected chi connectivity index (χ4v) is 11.3. The Bertz CT molecular complexity index is 3970. The van der Waals surface area contributed by atoms with Gasteiger partial charge in [0.25, 0.3) is 0 Å². The number of nitrogens with zero attached hydrogens (tertiary/aromatic N) is 4. The quantitative estimate of drug-likeness (QED) is 0.167. The summed E-state index contributed by atoms with van der Waals surface area (Å²) in [5.74, 6) is 2.31. The van der Waals surface area contributed by atoms with Crippen LogP contribution in [-0.2, 0) is 0 Å². The van der Waals surface area contributed by atoms with Crippen LogP contribution in [-0.4, -0.2) is 19.5 Å². The van der Waals surface area contributed by atoms with Crippen molar-refractivity contribution < 1.29 is 0 Å². The number of aromatic nitrogens is 4. The molecule has 0 aliphatic heterocycles. The third-order valence-electron chi connectivity index (χ3n) is 12.8. The topological polar surface area (TPSA) is 43.6 Å². The minimum Gasteiger partial charge on any atom is -0.276 e. The Balaban J connectivity index is 1.19. The van der Waals surface area contributed by atoms with Crippen molar-refractivity contribution >= 4 is 107 Å². The van der Waals surface area contributed by atoms with Crippen LogP contribution >= 0.6 is 11.3 Å². The summed E-state index contributed by atoms with van der Waals surface area (Å²) in [5, 5.41) is 17.6. The molecule has 0 fully saturated rings. The second-order valence-corrected chi connectivity index (χ2v) is 17.5. The van der Waals surface area contributed by atoms with Gasteiger partial charge in [-0.05, 0) is 72.1 Å². The third kappa shape index (κ3) is 5.02. The van der Waals surface area contributed by atoms with Crippen molar-refractivity contribution in [2.75, 3.05) is 0 Å². The summed E-state index contributed by atoms with van der Waals surface area (Å²) < 4.78 is 4.82. The second kappa shape index (κ2) is 13.0. The highest BCUT2D eigenvalue weighted by Crippen LogP contribution is 2.51. The van der Waals surface area contributed by atoms with Gasteiger partial charge in [0.2, 0.25) is 5.95 Å². The minimum atomic E-state index is 0.437. The average molecular weight is 797 g/mol. The van der Waals surface area contributed by atoms with Gasteiger partial charge in [0.05, 0.1) is 15.7 Å². The normalized spacial score (nSPS) is 12.2. The summed E-state index contributed by atoms with van der Waals surface area (Å²) in [6.07, 6.45) is 0. The number of benzene rings is 10. The van der Waals surface area contributed by atoms with Crippen molar-refractivity contribution in [1.82, 2.24) is 19.5 Å². The molecule has 13 rings (SSSR count). The highest BCUT2D eigenvalue weighted by Gasteiger charge is 2.24. The van der Waals surface area contributed by atoms with E-state index in [1.54, 1.807) is 0 Å². The van der Waals surface area contributed by atoms with Crippen LogP contribution in [0.25, 0.3) is 125 Å². The van der Waals surface area contributed by atoms with Crippen molar-refractivity contribution in [1.29, 1.82) is 0 Å². The van der Waals surface area contributed by atoms with E-state index < -0.39 is 0 Å². The van der Waals surface area contributed by atoms with E-state index in [9.17, 15) is 0 Å². The molecule has 0 N–H and O–H groups in total. The van der Waals surface area contributed by atoms with Gasteiger partial charge in [-0.15, -0.1) is 11.3 Å². The van der Waals surface area contributed by atoms with E-state index in [2.05, 4.69) is 176 Å². The lowest BCUT2D eigenvalue weighted by Gasteiger charge is -2.16. The van der Waals surface area contributed by atoms with Gasteiger partial charge in [-0.1, -0.05) is 178 Å². The van der Waals surface area contributed by atoms with Crippen LogP contribution in [0, 0.1) is 0 Å². The number of para-hydroxylation sites is 1. The molecule has 286 valence electrons. The zero-order chi connectivity index (χ0) is 40.3. The molecule has 0 atom stereocenters. The molecule has 3 heterocycles. The van der Waals surface area contributed by atoms with Gasteiger partial charge in [0.15, 0.2) is 11.6 Å². The van der Waals surface area contributed by atoms with Gasteiger partial charge in [-0.25, -0.2) is 4.98 Å². The van der Waals surface area contributed by atoms with Crippen LogP contribution in [0.3, 0.4) is 0 Å². The molecular formula is C56H36N4S. The molecule has 0 aliphatic rings. The van der Waals surface area contributed by atoms with Gasteiger partial charge in [-0.2, -0.15) is 9.97 Å². The first kappa shape index (κ1) is 34.4. The monoisotopic (exact) mass is 796 g/mol. The molecule has 5 heteroatoms. The van der Waals surface area contributed by atoms with Crippen LogP contribution in [0.5, 0.6) is 0 Å². The molecule has 3 aromatic heterocycles. The van der Waals surface area contributed by atoms with Gasteiger partial charge in [0, 0.05) is 42.8 Å². The standard InChI is InChI=1S/C56H36N4S/c1-32(2)35-26-27-43-46(31-35)38-18-8-9-20-40(38)50-48(43)41-21-10-11-22-42(41)49-45-29-28-44-39-19-12-13-23-47(39)60(51(44)52(45)61-53(49)50)56-58-54(34-15-4-3-5-16-34)57-55(59-56)37-25-24-33-14-6-7-17-36(33)30-37/h3-32H,1-2H3. The van der Waals surface area contributed by atoms with Crippen molar-refractivity contribution in [3.8, 4) is 28.7 Å². The molecule has 0 unspecified atom stereocenters. The SMILES string of the molecule is CC(C)c1ccc2c(c1)c1ccccc1c1c3sc4c(ccc5c6ccccc6n(-c6nc(-c7ccccc7)nc(-c7ccc8ccccc8c7)n6)c54)c3c3ccccc3c21. The van der Waals surface area contributed by atoms with E-state index in [4.69, 9.17) is 15.0 Å². The maximum absolute atomic E-state index is 5.38.